The van der Waals surface area contributed by atoms with E-state index >= 15 is 0 Å². The highest BCUT2D eigenvalue weighted by Crippen LogP contribution is 2.24. The molecule has 0 unspecified atom stereocenters. The molecule has 0 aliphatic carbocycles. The molecule has 0 saturated carbocycles. The largest absolute Gasteiger partial charge is 0.484 e. The molecular formula is C20H26N2O4S2. The van der Waals surface area contributed by atoms with Gasteiger partial charge >= 0.3 is 0 Å². The highest BCUT2D eigenvalue weighted by molar-refractivity contribution is 7.91. The Labute approximate surface area is 170 Å². The van der Waals surface area contributed by atoms with Crippen molar-refractivity contribution in [3.63, 3.8) is 0 Å². The SMILES string of the molecule is CC(C)(C)c1ccc(OCC(=O)N2CCN(S(=O)(=O)c3cccs3)CC2)cc1. The number of carbonyl (C=O) groups excluding carboxylic acids is 1. The normalized spacial score (nSPS) is 16.2. The van der Waals surface area contributed by atoms with Gasteiger partial charge in [-0.05, 0) is 34.6 Å². The second kappa shape index (κ2) is 8.23. The van der Waals surface area contributed by atoms with Crippen LogP contribution in [0.1, 0.15) is 26.3 Å². The third-order valence-electron chi connectivity index (χ3n) is 4.76. The lowest BCUT2D eigenvalue weighted by Crippen LogP contribution is -2.51. The van der Waals surface area contributed by atoms with Gasteiger partial charge in [-0.1, -0.05) is 39.0 Å². The number of amides is 1. The van der Waals surface area contributed by atoms with Crippen LogP contribution in [0.15, 0.2) is 46.0 Å². The molecule has 1 aliphatic heterocycles. The van der Waals surface area contributed by atoms with Gasteiger partial charge < -0.3 is 9.64 Å². The van der Waals surface area contributed by atoms with Crippen molar-refractivity contribution in [2.45, 2.75) is 30.4 Å². The lowest BCUT2D eigenvalue weighted by Gasteiger charge is -2.33. The molecular weight excluding hydrogens is 396 g/mol. The first-order valence-electron chi connectivity index (χ1n) is 9.23. The molecule has 1 amide bonds. The number of piperazine rings is 1. The number of hydrogen-bond acceptors (Lipinski definition) is 5. The van der Waals surface area contributed by atoms with Crippen LogP contribution >= 0.6 is 11.3 Å². The molecule has 1 saturated heterocycles. The smallest absolute Gasteiger partial charge is 0.260 e. The molecule has 1 aromatic heterocycles. The molecule has 0 radical (unpaired) electrons. The van der Waals surface area contributed by atoms with Gasteiger partial charge in [-0.2, -0.15) is 4.31 Å². The molecule has 8 heteroatoms. The van der Waals surface area contributed by atoms with Crippen LogP contribution in [0, 0.1) is 0 Å². The predicted octanol–water partition coefficient (Wildman–Crippen LogP) is 2.96. The fraction of sp³-hybridized carbons (Fsp3) is 0.450. The van der Waals surface area contributed by atoms with Gasteiger partial charge in [0.25, 0.3) is 15.9 Å². The van der Waals surface area contributed by atoms with Crippen molar-refractivity contribution in [1.82, 2.24) is 9.21 Å². The van der Waals surface area contributed by atoms with Crippen LogP contribution in [-0.4, -0.2) is 56.3 Å². The summed E-state index contributed by atoms with van der Waals surface area (Å²) in [6.45, 7) is 7.72. The van der Waals surface area contributed by atoms with Crippen molar-refractivity contribution in [2.75, 3.05) is 32.8 Å². The standard InChI is InChI=1S/C20H26N2O4S2/c1-20(2,3)16-6-8-17(9-7-16)26-15-18(23)21-10-12-22(13-11-21)28(24,25)19-5-4-14-27-19/h4-9,14H,10-13,15H2,1-3H3. The van der Waals surface area contributed by atoms with Gasteiger partial charge in [-0.3, -0.25) is 4.79 Å². The van der Waals surface area contributed by atoms with E-state index in [2.05, 4.69) is 20.8 Å². The minimum atomic E-state index is -3.46. The molecule has 152 valence electrons. The van der Waals surface area contributed by atoms with Gasteiger partial charge in [0, 0.05) is 26.2 Å². The molecule has 6 nitrogen and oxygen atoms in total. The molecule has 2 aromatic rings. The summed E-state index contributed by atoms with van der Waals surface area (Å²) in [6, 6.07) is 11.1. The second-order valence-electron chi connectivity index (χ2n) is 7.78. The second-order valence-corrected chi connectivity index (χ2v) is 10.9. The molecule has 0 N–H and O–H groups in total. The van der Waals surface area contributed by atoms with Crippen LogP contribution < -0.4 is 4.74 Å². The Balaban J connectivity index is 1.50. The zero-order valence-electron chi connectivity index (χ0n) is 16.4. The summed E-state index contributed by atoms with van der Waals surface area (Å²) in [5.74, 6) is 0.522. The Morgan fingerprint density at radius 1 is 1.07 bits per heavy atom. The number of carbonyl (C=O) groups is 1. The maximum atomic E-state index is 12.5. The fourth-order valence-electron chi connectivity index (χ4n) is 3.00. The van der Waals surface area contributed by atoms with E-state index in [1.165, 1.54) is 21.2 Å². The van der Waals surface area contributed by atoms with Gasteiger partial charge in [0.1, 0.15) is 9.96 Å². The predicted molar refractivity (Wildman–Crippen MR) is 110 cm³/mol. The van der Waals surface area contributed by atoms with Crippen LogP contribution in [0.5, 0.6) is 5.75 Å². The van der Waals surface area contributed by atoms with Gasteiger partial charge in [-0.15, -0.1) is 11.3 Å². The van der Waals surface area contributed by atoms with Gasteiger partial charge in [0.2, 0.25) is 0 Å². The number of benzene rings is 1. The number of ether oxygens (including phenoxy) is 1. The van der Waals surface area contributed by atoms with E-state index in [0.717, 1.165) is 0 Å². The third-order valence-corrected chi connectivity index (χ3v) is 8.03. The summed E-state index contributed by atoms with van der Waals surface area (Å²) in [6.07, 6.45) is 0. The first kappa shape index (κ1) is 20.8. The molecule has 0 bridgehead atoms. The Kier molecular flexibility index (Phi) is 6.12. The third kappa shape index (κ3) is 4.74. The summed E-state index contributed by atoms with van der Waals surface area (Å²) >= 11 is 1.21. The zero-order valence-corrected chi connectivity index (χ0v) is 18.1. The number of nitrogens with zero attached hydrogens (tertiary/aromatic N) is 2. The first-order chi connectivity index (χ1) is 13.2. The highest BCUT2D eigenvalue weighted by atomic mass is 32.2. The van der Waals surface area contributed by atoms with Crippen molar-refractivity contribution < 1.29 is 17.9 Å². The summed E-state index contributed by atoms with van der Waals surface area (Å²) < 4.78 is 32.5. The van der Waals surface area contributed by atoms with E-state index in [4.69, 9.17) is 4.74 Å². The first-order valence-corrected chi connectivity index (χ1v) is 11.5. The van der Waals surface area contributed by atoms with Crippen LogP contribution in [0.3, 0.4) is 0 Å². The van der Waals surface area contributed by atoms with Crippen molar-refractivity contribution in [1.29, 1.82) is 0 Å². The molecule has 1 aromatic carbocycles. The quantitative estimate of drug-likeness (QED) is 0.743. The van der Waals surface area contributed by atoms with Gasteiger partial charge in [0.05, 0.1) is 0 Å². The zero-order chi connectivity index (χ0) is 20.4. The average Bonchev–Trinajstić information content (AvgIpc) is 3.21. The Hall–Kier alpha value is -1.90. The van der Waals surface area contributed by atoms with Crippen molar-refractivity contribution in [3.05, 3.63) is 47.3 Å². The summed E-state index contributed by atoms with van der Waals surface area (Å²) in [4.78, 5) is 14.1. The molecule has 1 aliphatic rings. The molecule has 3 rings (SSSR count). The number of sulfonamides is 1. The van der Waals surface area contributed by atoms with E-state index in [0.29, 0.717) is 36.1 Å². The lowest BCUT2D eigenvalue weighted by atomic mass is 9.87. The Morgan fingerprint density at radius 2 is 1.71 bits per heavy atom. The van der Waals surface area contributed by atoms with E-state index in [9.17, 15) is 13.2 Å². The van der Waals surface area contributed by atoms with Crippen LogP contribution in [-0.2, 0) is 20.2 Å². The molecule has 2 heterocycles. The van der Waals surface area contributed by atoms with Crippen LogP contribution in [0.2, 0.25) is 0 Å². The van der Waals surface area contributed by atoms with E-state index in [1.807, 2.05) is 24.3 Å². The molecule has 0 spiro atoms. The van der Waals surface area contributed by atoms with Crippen LogP contribution in [0.4, 0.5) is 0 Å². The molecule has 1 fully saturated rings. The summed E-state index contributed by atoms with van der Waals surface area (Å²) in [5, 5.41) is 1.75. The van der Waals surface area contributed by atoms with Crippen LogP contribution in [0.25, 0.3) is 0 Å². The summed E-state index contributed by atoms with van der Waals surface area (Å²) in [7, 11) is -3.46. The van der Waals surface area contributed by atoms with Gasteiger partial charge in [-0.25, -0.2) is 8.42 Å². The van der Waals surface area contributed by atoms with Crippen molar-refractivity contribution in [2.24, 2.45) is 0 Å². The maximum absolute atomic E-state index is 12.5. The van der Waals surface area contributed by atoms with Gasteiger partial charge in [0.15, 0.2) is 6.61 Å². The lowest BCUT2D eigenvalue weighted by molar-refractivity contribution is -0.134. The topological polar surface area (TPSA) is 66.9 Å². The number of rotatable bonds is 5. The fourth-order valence-corrected chi connectivity index (χ4v) is 5.57. The number of thiophene rings is 1. The van der Waals surface area contributed by atoms with E-state index < -0.39 is 10.0 Å². The minimum Gasteiger partial charge on any atom is -0.484 e. The maximum Gasteiger partial charge on any atom is 0.260 e. The van der Waals surface area contributed by atoms with Crippen molar-refractivity contribution in [3.8, 4) is 5.75 Å². The van der Waals surface area contributed by atoms with E-state index in [1.54, 1.807) is 22.4 Å². The Bertz CT molecular complexity index is 893. The monoisotopic (exact) mass is 422 g/mol. The Morgan fingerprint density at radius 3 is 2.25 bits per heavy atom. The van der Waals surface area contributed by atoms with Crippen molar-refractivity contribution >= 4 is 27.3 Å². The number of hydrogen-bond donors (Lipinski definition) is 0. The van der Waals surface area contributed by atoms with E-state index in [-0.39, 0.29) is 17.9 Å². The average molecular weight is 423 g/mol. The minimum absolute atomic E-state index is 0.0491. The summed E-state index contributed by atoms with van der Waals surface area (Å²) in [5.41, 5.74) is 1.27. The molecule has 0 atom stereocenters. The highest BCUT2D eigenvalue weighted by Gasteiger charge is 2.30. The molecule has 28 heavy (non-hydrogen) atoms.